The Morgan fingerprint density at radius 3 is 2.58 bits per heavy atom. The van der Waals surface area contributed by atoms with Crippen molar-refractivity contribution >= 4 is 29.9 Å². The van der Waals surface area contributed by atoms with Crippen LogP contribution < -0.4 is 15.4 Å². The van der Waals surface area contributed by atoms with Crippen molar-refractivity contribution in [1.29, 1.82) is 0 Å². The summed E-state index contributed by atoms with van der Waals surface area (Å²) in [6.45, 7) is 9.87. The predicted octanol–water partition coefficient (Wildman–Crippen LogP) is 3.78. The van der Waals surface area contributed by atoms with Crippen LogP contribution in [0.4, 0.5) is 0 Å². The first-order valence-electron chi connectivity index (χ1n) is 8.60. The minimum atomic E-state index is 0. The largest absolute Gasteiger partial charge is 0.491 e. The Labute approximate surface area is 172 Å². The highest BCUT2D eigenvalue weighted by Gasteiger charge is 2.08. The summed E-state index contributed by atoms with van der Waals surface area (Å²) in [6, 6.07) is 8.15. The molecule has 1 heterocycles. The minimum absolute atomic E-state index is 0. The molecule has 0 aliphatic heterocycles. The average Bonchev–Trinajstić information content (AvgIpc) is 2.92. The molecular weight excluding hydrogens is 443 g/mol. The van der Waals surface area contributed by atoms with Crippen LogP contribution in [0.5, 0.6) is 5.75 Å². The van der Waals surface area contributed by atoms with Gasteiger partial charge in [0.25, 0.3) is 0 Å². The average molecular weight is 472 g/mol. The lowest BCUT2D eigenvalue weighted by molar-refractivity contribution is 0.317. The highest BCUT2D eigenvalue weighted by atomic mass is 127. The first kappa shape index (κ1) is 22.3. The molecule has 0 bridgehead atoms. The van der Waals surface area contributed by atoms with Crippen molar-refractivity contribution in [2.45, 2.75) is 40.2 Å². The van der Waals surface area contributed by atoms with Gasteiger partial charge in [0, 0.05) is 7.05 Å². The maximum atomic E-state index is 5.90. The molecule has 2 N–H and O–H groups in total. The van der Waals surface area contributed by atoms with Crippen molar-refractivity contribution in [3.63, 3.8) is 0 Å². The molecule has 2 rings (SSSR count). The number of aliphatic imine (C=N–C) groups is 1. The zero-order valence-electron chi connectivity index (χ0n) is 16.1. The number of hydrogen-bond acceptors (Lipinski definition) is 4. The summed E-state index contributed by atoms with van der Waals surface area (Å²) < 4.78 is 11.4. The van der Waals surface area contributed by atoms with E-state index in [1.807, 2.05) is 32.0 Å². The zero-order chi connectivity index (χ0) is 18.2. The Kier molecular flexibility index (Phi) is 9.47. The number of oxazole rings is 1. The van der Waals surface area contributed by atoms with Gasteiger partial charge in [-0.2, -0.15) is 0 Å². The molecule has 1 aromatic carbocycles. The fraction of sp³-hybridized carbons (Fsp3) is 0.474. The molecule has 2 aromatic rings. The van der Waals surface area contributed by atoms with E-state index < -0.39 is 0 Å². The molecule has 0 aliphatic rings. The molecule has 26 heavy (non-hydrogen) atoms. The Hall–Kier alpha value is -1.77. The smallest absolute Gasteiger partial charge is 0.214 e. The number of nitrogens with zero attached hydrogens (tertiary/aromatic N) is 2. The lowest BCUT2D eigenvalue weighted by Crippen LogP contribution is -2.39. The number of hydrogen-bond donors (Lipinski definition) is 2. The van der Waals surface area contributed by atoms with Crippen LogP contribution in [-0.4, -0.2) is 31.1 Å². The SMILES string of the molecule is CN=C(NCCOc1ccccc1C(C)C)NCc1nc(C)c(C)o1.I. The van der Waals surface area contributed by atoms with Gasteiger partial charge in [-0.1, -0.05) is 32.0 Å². The molecule has 0 unspecified atom stereocenters. The zero-order valence-corrected chi connectivity index (χ0v) is 18.5. The van der Waals surface area contributed by atoms with Crippen LogP contribution in [0.2, 0.25) is 0 Å². The van der Waals surface area contributed by atoms with Gasteiger partial charge in [0.1, 0.15) is 18.1 Å². The van der Waals surface area contributed by atoms with Crippen molar-refractivity contribution < 1.29 is 9.15 Å². The third-order valence-corrected chi connectivity index (χ3v) is 3.90. The van der Waals surface area contributed by atoms with E-state index in [0.29, 0.717) is 37.5 Å². The Balaban J connectivity index is 0.00000338. The second-order valence-electron chi connectivity index (χ2n) is 6.14. The van der Waals surface area contributed by atoms with Crippen LogP contribution in [0.3, 0.4) is 0 Å². The summed E-state index contributed by atoms with van der Waals surface area (Å²) in [5, 5.41) is 6.41. The monoisotopic (exact) mass is 472 g/mol. The highest BCUT2D eigenvalue weighted by molar-refractivity contribution is 14.0. The normalized spacial score (nSPS) is 11.2. The van der Waals surface area contributed by atoms with Gasteiger partial charge in [-0.15, -0.1) is 24.0 Å². The van der Waals surface area contributed by atoms with E-state index in [1.54, 1.807) is 7.05 Å². The van der Waals surface area contributed by atoms with Crippen LogP contribution in [0.25, 0.3) is 0 Å². The Morgan fingerprint density at radius 2 is 1.96 bits per heavy atom. The van der Waals surface area contributed by atoms with E-state index in [2.05, 4.69) is 40.5 Å². The molecule has 1 aromatic heterocycles. The molecule has 0 atom stereocenters. The van der Waals surface area contributed by atoms with Gasteiger partial charge in [-0.25, -0.2) is 4.98 Å². The summed E-state index contributed by atoms with van der Waals surface area (Å²) in [5.74, 6) is 3.56. The van der Waals surface area contributed by atoms with Gasteiger partial charge in [0.15, 0.2) is 5.96 Å². The number of aromatic nitrogens is 1. The van der Waals surface area contributed by atoms with Crippen LogP contribution in [0, 0.1) is 13.8 Å². The number of halogens is 1. The predicted molar refractivity (Wildman–Crippen MR) is 116 cm³/mol. The van der Waals surface area contributed by atoms with E-state index >= 15 is 0 Å². The third kappa shape index (κ3) is 6.51. The van der Waals surface area contributed by atoms with E-state index in [4.69, 9.17) is 9.15 Å². The number of aryl methyl sites for hydroxylation is 2. The van der Waals surface area contributed by atoms with Crippen LogP contribution in [0.1, 0.15) is 42.7 Å². The topological polar surface area (TPSA) is 71.7 Å². The summed E-state index contributed by atoms with van der Waals surface area (Å²) >= 11 is 0. The van der Waals surface area contributed by atoms with Crippen molar-refractivity contribution in [1.82, 2.24) is 15.6 Å². The molecule has 6 nitrogen and oxygen atoms in total. The van der Waals surface area contributed by atoms with Crippen molar-refractivity contribution in [3.8, 4) is 5.75 Å². The summed E-state index contributed by atoms with van der Waals surface area (Å²) in [6.07, 6.45) is 0. The third-order valence-electron chi connectivity index (χ3n) is 3.90. The highest BCUT2D eigenvalue weighted by Crippen LogP contribution is 2.25. The van der Waals surface area contributed by atoms with Crippen LogP contribution in [0.15, 0.2) is 33.7 Å². The van der Waals surface area contributed by atoms with E-state index in [-0.39, 0.29) is 24.0 Å². The van der Waals surface area contributed by atoms with Gasteiger partial charge >= 0.3 is 0 Å². The minimum Gasteiger partial charge on any atom is -0.491 e. The van der Waals surface area contributed by atoms with Gasteiger partial charge in [-0.3, -0.25) is 4.99 Å². The lowest BCUT2D eigenvalue weighted by Gasteiger charge is -2.15. The maximum Gasteiger partial charge on any atom is 0.214 e. The van der Waals surface area contributed by atoms with Crippen molar-refractivity contribution in [3.05, 3.63) is 47.2 Å². The molecule has 0 aliphatic carbocycles. The number of ether oxygens (including phenoxy) is 1. The van der Waals surface area contributed by atoms with Crippen LogP contribution >= 0.6 is 24.0 Å². The number of benzene rings is 1. The number of guanidine groups is 1. The van der Waals surface area contributed by atoms with E-state index in [0.717, 1.165) is 17.2 Å². The van der Waals surface area contributed by atoms with Gasteiger partial charge in [-0.05, 0) is 31.4 Å². The van der Waals surface area contributed by atoms with E-state index in [9.17, 15) is 0 Å². The fourth-order valence-corrected chi connectivity index (χ4v) is 2.41. The van der Waals surface area contributed by atoms with Gasteiger partial charge in [0.05, 0.1) is 18.8 Å². The molecule has 0 amide bonds. The Bertz CT molecular complexity index is 694. The molecule has 0 spiro atoms. The first-order valence-corrected chi connectivity index (χ1v) is 8.60. The molecule has 144 valence electrons. The number of rotatable bonds is 7. The summed E-state index contributed by atoms with van der Waals surface area (Å²) in [7, 11) is 1.73. The second-order valence-corrected chi connectivity index (χ2v) is 6.14. The maximum absolute atomic E-state index is 5.90. The molecule has 0 fully saturated rings. The molecule has 0 radical (unpaired) electrons. The molecule has 0 saturated heterocycles. The van der Waals surface area contributed by atoms with E-state index in [1.165, 1.54) is 5.56 Å². The number of nitrogens with one attached hydrogen (secondary N) is 2. The first-order chi connectivity index (χ1) is 12.0. The van der Waals surface area contributed by atoms with Crippen LogP contribution in [-0.2, 0) is 6.54 Å². The summed E-state index contributed by atoms with van der Waals surface area (Å²) in [4.78, 5) is 8.53. The van der Waals surface area contributed by atoms with Gasteiger partial charge < -0.3 is 19.8 Å². The lowest BCUT2D eigenvalue weighted by atomic mass is 10.0. The number of para-hydroxylation sites is 1. The van der Waals surface area contributed by atoms with Gasteiger partial charge in [0.2, 0.25) is 5.89 Å². The molecule has 7 heteroatoms. The molecular formula is C19H29IN4O2. The van der Waals surface area contributed by atoms with Crippen molar-refractivity contribution in [2.24, 2.45) is 4.99 Å². The van der Waals surface area contributed by atoms with Crippen molar-refractivity contribution in [2.75, 3.05) is 20.2 Å². The fourth-order valence-electron chi connectivity index (χ4n) is 2.41. The summed E-state index contributed by atoms with van der Waals surface area (Å²) in [5.41, 5.74) is 2.14. The molecule has 0 saturated carbocycles. The Morgan fingerprint density at radius 1 is 1.23 bits per heavy atom. The standard InChI is InChI=1S/C19H28N4O2.HI/c1-13(2)16-8-6-7-9-17(16)24-11-10-21-19(20-5)22-12-18-23-14(3)15(4)25-18;/h6-9,13H,10-12H2,1-5H3,(H2,20,21,22);1H. The quantitative estimate of drug-likeness (QED) is 0.278. The second kappa shape index (κ2) is 11.1.